The van der Waals surface area contributed by atoms with E-state index in [-0.39, 0.29) is 18.3 Å². The third-order valence-electron chi connectivity index (χ3n) is 4.25. The molecule has 0 bridgehead atoms. The molecule has 8 heteroatoms. The lowest BCUT2D eigenvalue weighted by Gasteiger charge is -2.15. The van der Waals surface area contributed by atoms with E-state index in [1.807, 2.05) is 19.9 Å². The molecule has 2 aromatic carbocycles. The Morgan fingerprint density at radius 1 is 1.24 bits per heavy atom. The van der Waals surface area contributed by atoms with Crippen molar-refractivity contribution in [3.8, 4) is 11.5 Å². The highest BCUT2D eigenvalue weighted by atomic mass is 127. The van der Waals surface area contributed by atoms with Gasteiger partial charge in [-0.05, 0) is 78.5 Å². The second kappa shape index (κ2) is 9.53. The molecule has 1 aliphatic heterocycles. The number of carbonyl (C=O) groups excluding carboxylic acids is 1. The van der Waals surface area contributed by atoms with Crippen LogP contribution in [0.25, 0.3) is 6.08 Å². The summed E-state index contributed by atoms with van der Waals surface area (Å²) in [6.45, 7) is 4.78. The Balaban J connectivity index is 1.89. The minimum Gasteiger partial charge on any atom is -0.490 e. The number of ether oxygens (including phenoxy) is 2. The highest BCUT2D eigenvalue weighted by Gasteiger charge is 2.29. The first-order chi connectivity index (χ1) is 13.9. The van der Waals surface area contributed by atoms with Gasteiger partial charge < -0.3 is 14.8 Å². The van der Waals surface area contributed by atoms with Gasteiger partial charge in [0.15, 0.2) is 16.6 Å². The predicted molar refractivity (Wildman–Crippen MR) is 122 cm³/mol. The molecule has 5 nitrogen and oxygen atoms in total. The summed E-state index contributed by atoms with van der Waals surface area (Å²) in [4.78, 5) is 13.9. The fourth-order valence-electron chi connectivity index (χ4n) is 2.87. The van der Waals surface area contributed by atoms with Crippen molar-refractivity contribution in [2.45, 2.75) is 20.5 Å². The number of hydrogen-bond donors (Lipinski definition) is 1. The van der Waals surface area contributed by atoms with Gasteiger partial charge in [0.05, 0.1) is 10.2 Å². The van der Waals surface area contributed by atoms with E-state index >= 15 is 0 Å². The topological polar surface area (TPSA) is 50.8 Å². The molecule has 29 heavy (non-hydrogen) atoms. The van der Waals surface area contributed by atoms with Crippen molar-refractivity contribution in [2.24, 2.45) is 0 Å². The summed E-state index contributed by atoms with van der Waals surface area (Å²) in [5.41, 5.74) is 1.65. The molecule has 1 fully saturated rings. The molecule has 0 aliphatic carbocycles. The van der Waals surface area contributed by atoms with Crippen molar-refractivity contribution in [1.29, 1.82) is 0 Å². The van der Waals surface area contributed by atoms with Crippen LogP contribution < -0.4 is 14.8 Å². The van der Waals surface area contributed by atoms with E-state index in [0.29, 0.717) is 41.0 Å². The van der Waals surface area contributed by atoms with E-state index in [1.54, 1.807) is 30.3 Å². The number of rotatable bonds is 7. The van der Waals surface area contributed by atoms with Crippen molar-refractivity contribution < 1.29 is 18.7 Å². The molecule has 0 spiro atoms. The standard InChI is InChI=1S/C21H20FIN2O3S/c1-3-25-20(26)17(24-21(25)29)10-13-9-16(23)19(18(11-13)27-4-2)28-12-14-7-5-6-8-15(14)22/h5-11H,3-4,12H2,1-2H3,(H,24,29)/b17-10-. The molecule has 3 rings (SSSR count). The number of nitrogens with zero attached hydrogens (tertiary/aromatic N) is 1. The summed E-state index contributed by atoms with van der Waals surface area (Å²) in [6.07, 6.45) is 1.73. The Morgan fingerprint density at radius 3 is 2.66 bits per heavy atom. The van der Waals surface area contributed by atoms with Crippen LogP contribution in [0, 0.1) is 9.39 Å². The summed E-state index contributed by atoms with van der Waals surface area (Å²) >= 11 is 7.33. The number of thiocarbonyl (C=S) groups is 1. The Kier molecular flexibility index (Phi) is 7.07. The quantitative estimate of drug-likeness (QED) is 0.328. The molecule has 0 atom stereocenters. The Labute approximate surface area is 188 Å². The van der Waals surface area contributed by atoms with Gasteiger partial charge in [-0.3, -0.25) is 9.69 Å². The molecule has 0 saturated carbocycles. The van der Waals surface area contributed by atoms with Gasteiger partial charge in [-0.25, -0.2) is 4.39 Å². The Hall–Kier alpha value is -2.20. The van der Waals surface area contributed by atoms with Gasteiger partial charge in [-0.15, -0.1) is 0 Å². The van der Waals surface area contributed by atoms with Gasteiger partial charge in [0, 0.05) is 12.1 Å². The van der Waals surface area contributed by atoms with Crippen LogP contribution in [-0.2, 0) is 11.4 Å². The SMILES string of the molecule is CCOc1cc(/C=C2\NC(=S)N(CC)C2=O)cc(I)c1OCc1ccccc1F. The highest BCUT2D eigenvalue weighted by molar-refractivity contribution is 14.1. The van der Waals surface area contributed by atoms with Crippen LogP contribution >= 0.6 is 34.8 Å². The van der Waals surface area contributed by atoms with Crippen molar-refractivity contribution in [3.05, 3.63) is 62.6 Å². The smallest absolute Gasteiger partial charge is 0.276 e. The van der Waals surface area contributed by atoms with Crippen LogP contribution in [-0.4, -0.2) is 29.1 Å². The summed E-state index contributed by atoms with van der Waals surface area (Å²) in [7, 11) is 0. The molecule has 152 valence electrons. The van der Waals surface area contributed by atoms with Crippen molar-refractivity contribution >= 4 is 51.9 Å². The lowest BCUT2D eigenvalue weighted by atomic mass is 10.1. The fraction of sp³-hybridized carbons (Fsp3) is 0.238. The largest absolute Gasteiger partial charge is 0.490 e. The number of likely N-dealkylation sites (N-methyl/N-ethyl adjacent to an activating group) is 1. The van der Waals surface area contributed by atoms with Gasteiger partial charge in [0.1, 0.15) is 18.1 Å². The minimum atomic E-state index is -0.316. The van der Waals surface area contributed by atoms with Gasteiger partial charge in [-0.1, -0.05) is 18.2 Å². The lowest BCUT2D eigenvalue weighted by molar-refractivity contribution is -0.122. The maximum absolute atomic E-state index is 13.9. The third kappa shape index (κ3) is 4.87. The maximum atomic E-state index is 13.9. The van der Waals surface area contributed by atoms with Crippen molar-refractivity contribution in [2.75, 3.05) is 13.2 Å². The van der Waals surface area contributed by atoms with Crippen LogP contribution in [0.3, 0.4) is 0 Å². The molecule has 1 aliphatic rings. The van der Waals surface area contributed by atoms with E-state index < -0.39 is 0 Å². The fourth-order valence-corrected chi connectivity index (χ4v) is 3.97. The average Bonchev–Trinajstić information content (AvgIpc) is 2.95. The second-order valence-corrected chi connectivity index (χ2v) is 7.73. The number of nitrogens with one attached hydrogen (secondary N) is 1. The summed E-state index contributed by atoms with van der Waals surface area (Å²) in [5, 5.41) is 3.34. The summed E-state index contributed by atoms with van der Waals surface area (Å²) < 4.78 is 26.3. The first-order valence-corrected chi connectivity index (χ1v) is 10.6. The zero-order valence-corrected chi connectivity index (χ0v) is 19.0. The van der Waals surface area contributed by atoms with Crippen molar-refractivity contribution in [1.82, 2.24) is 10.2 Å². The van der Waals surface area contributed by atoms with E-state index in [4.69, 9.17) is 21.7 Å². The molecule has 1 saturated heterocycles. The van der Waals surface area contributed by atoms with Gasteiger partial charge in [0.25, 0.3) is 5.91 Å². The first kappa shape index (κ1) is 21.5. The number of amides is 1. The van der Waals surface area contributed by atoms with E-state index in [2.05, 4.69) is 27.9 Å². The highest BCUT2D eigenvalue weighted by Crippen LogP contribution is 2.35. The van der Waals surface area contributed by atoms with Crippen LogP contribution in [0.2, 0.25) is 0 Å². The normalized spacial score (nSPS) is 15.0. The molecule has 2 aromatic rings. The van der Waals surface area contributed by atoms with Gasteiger partial charge in [-0.2, -0.15) is 0 Å². The molecule has 1 amide bonds. The number of carbonyl (C=O) groups is 1. The Morgan fingerprint density at radius 2 is 2.00 bits per heavy atom. The third-order valence-corrected chi connectivity index (χ3v) is 5.37. The maximum Gasteiger partial charge on any atom is 0.276 e. The van der Waals surface area contributed by atoms with Crippen molar-refractivity contribution in [3.63, 3.8) is 0 Å². The van der Waals surface area contributed by atoms with E-state index in [9.17, 15) is 9.18 Å². The zero-order chi connectivity index (χ0) is 21.0. The molecule has 0 unspecified atom stereocenters. The number of benzene rings is 2. The van der Waals surface area contributed by atoms with E-state index in [0.717, 1.165) is 9.13 Å². The molecule has 0 aromatic heterocycles. The molecule has 1 N–H and O–H groups in total. The predicted octanol–water partition coefficient (Wildman–Crippen LogP) is 4.49. The lowest BCUT2D eigenvalue weighted by Crippen LogP contribution is -2.30. The monoisotopic (exact) mass is 526 g/mol. The minimum absolute atomic E-state index is 0.0863. The number of hydrogen-bond acceptors (Lipinski definition) is 4. The zero-order valence-electron chi connectivity index (χ0n) is 16.0. The van der Waals surface area contributed by atoms with Crippen LogP contribution in [0.15, 0.2) is 42.1 Å². The molecule has 1 heterocycles. The first-order valence-electron chi connectivity index (χ1n) is 9.11. The number of halogens is 2. The summed E-state index contributed by atoms with van der Waals surface area (Å²) in [6, 6.07) is 10.2. The average molecular weight is 526 g/mol. The van der Waals surface area contributed by atoms with Gasteiger partial charge >= 0.3 is 0 Å². The second-order valence-electron chi connectivity index (χ2n) is 6.18. The van der Waals surface area contributed by atoms with Crippen LogP contribution in [0.4, 0.5) is 4.39 Å². The molecular formula is C21H20FIN2O3S. The molecular weight excluding hydrogens is 506 g/mol. The summed E-state index contributed by atoms with van der Waals surface area (Å²) in [5.74, 6) is 0.590. The van der Waals surface area contributed by atoms with Crippen LogP contribution in [0.5, 0.6) is 11.5 Å². The van der Waals surface area contributed by atoms with E-state index in [1.165, 1.54) is 11.0 Å². The Bertz CT molecular complexity index is 980. The van der Waals surface area contributed by atoms with Crippen LogP contribution in [0.1, 0.15) is 25.0 Å². The molecule has 0 radical (unpaired) electrons. The van der Waals surface area contributed by atoms with Gasteiger partial charge in [0.2, 0.25) is 0 Å².